The fourth-order valence-electron chi connectivity index (χ4n) is 3.30. The Bertz CT molecular complexity index is 666. The molecule has 0 saturated heterocycles. The van der Waals surface area contributed by atoms with Gasteiger partial charge in [0, 0.05) is 37.1 Å². The van der Waals surface area contributed by atoms with Crippen molar-refractivity contribution < 1.29 is 0 Å². The average molecular weight is 239 g/mol. The zero-order chi connectivity index (χ0) is 12.3. The molecule has 1 unspecified atom stereocenters. The van der Waals surface area contributed by atoms with E-state index in [0.29, 0.717) is 6.04 Å². The highest BCUT2D eigenvalue weighted by atomic mass is 15.3. The monoisotopic (exact) mass is 239 g/mol. The summed E-state index contributed by atoms with van der Waals surface area (Å²) in [5.41, 5.74) is 4.23. The van der Waals surface area contributed by atoms with Crippen LogP contribution in [0.25, 0.3) is 10.9 Å². The molecule has 4 rings (SSSR count). The van der Waals surface area contributed by atoms with E-state index in [1.54, 1.807) is 0 Å². The molecule has 0 amide bonds. The van der Waals surface area contributed by atoms with Crippen LogP contribution in [0.1, 0.15) is 18.2 Å². The molecular formula is C15H17N3. The molecular weight excluding hydrogens is 222 g/mol. The number of nitrogens with zero attached hydrogens (tertiary/aromatic N) is 3. The Hall–Kier alpha value is -1.77. The fourth-order valence-corrected chi connectivity index (χ4v) is 3.30. The van der Waals surface area contributed by atoms with Gasteiger partial charge in [-0.3, -0.25) is 4.99 Å². The number of aromatic nitrogens is 1. The summed E-state index contributed by atoms with van der Waals surface area (Å²) in [6.45, 7) is 4.26. The Balaban J connectivity index is 2.12. The first-order valence-electron chi connectivity index (χ1n) is 6.65. The Labute approximate surface area is 107 Å². The van der Waals surface area contributed by atoms with E-state index >= 15 is 0 Å². The Morgan fingerprint density at radius 3 is 3.00 bits per heavy atom. The van der Waals surface area contributed by atoms with Gasteiger partial charge < -0.3 is 9.47 Å². The van der Waals surface area contributed by atoms with Crippen molar-refractivity contribution in [2.75, 3.05) is 13.6 Å². The summed E-state index contributed by atoms with van der Waals surface area (Å²) in [6.07, 6.45) is 1.08. The van der Waals surface area contributed by atoms with Crippen molar-refractivity contribution in [1.82, 2.24) is 9.47 Å². The number of fused-ring (bicyclic) bond motifs is 3. The molecule has 0 bridgehead atoms. The quantitative estimate of drug-likeness (QED) is 0.690. The summed E-state index contributed by atoms with van der Waals surface area (Å²) >= 11 is 0. The second-order valence-corrected chi connectivity index (χ2v) is 5.37. The predicted molar refractivity (Wildman–Crippen MR) is 74.3 cm³/mol. The van der Waals surface area contributed by atoms with Crippen LogP contribution in [0.5, 0.6) is 0 Å². The number of hydrogen-bond donors (Lipinski definition) is 0. The van der Waals surface area contributed by atoms with E-state index in [2.05, 4.69) is 47.7 Å². The molecule has 18 heavy (non-hydrogen) atoms. The molecule has 2 aliphatic rings. The number of likely N-dealkylation sites (N-methyl/N-ethyl adjacent to an activating group) is 1. The lowest BCUT2D eigenvalue weighted by Gasteiger charge is -2.36. The number of benzene rings is 1. The van der Waals surface area contributed by atoms with Gasteiger partial charge in [0.2, 0.25) is 0 Å². The second-order valence-electron chi connectivity index (χ2n) is 5.37. The van der Waals surface area contributed by atoms with Gasteiger partial charge in [-0.25, -0.2) is 0 Å². The summed E-state index contributed by atoms with van der Waals surface area (Å²) in [6, 6.07) is 9.28. The summed E-state index contributed by atoms with van der Waals surface area (Å²) < 4.78 is 2.47. The second kappa shape index (κ2) is 3.37. The maximum atomic E-state index is 4.75. The average Bonchev–Trinajstić information content (AvgIpc) is 2.72. The van der Waals surface area contributed by atoms with Crippen molar-refractivity contribution >= 4 is 16.7 Å². The van der Waals surface area contributed by atoms with Gasteiger partial charge >= 0.3 is 0 Å². The van der Waals surface area contributed by atoms with Crippen molar-refractivity contribution in [3.05, 3.63) is 35.5 Å². The van der Waals surface area contributed by atoms with Gasteiger partial charge in [-0.2, -0.15) is 0 Å². The first kappa shape index (κ1) is 10.2. The van der Waals surface area contributed by atoms with Gasteiger partial charge in [-0.1, -0.05) is 18.2 Å². The Morgan fingerprint density at radius 1 is 1.28 bits per heavy atom. The third kappa shape index (κ3) is 1.12. The van der Waals surface area contributed by atoms with Crippen LogP contribution in [0.3, 0.4) is 0 Å². The molecule has 1 atom stereocenters. The van der Waals surface area contributed by atoms with E-state index in [1.807, 2.05) is 0 Å². The summed E-state index contributed by atoms with van der Waals surface area (Å²) in [7, 11) is 2.17. The molecule has 3 nitrogen and oxygen atoms in total. The van der Waals surface area contributed by atoms with Crippen LogP contribution in [-0.2, 0) is 13.0 Å². The maximum absolute atomic E-state index is 4.75. The SMILES string of the molecule is CC1Cn2c3c(c4ccccc42)CCN=C3N1C. The van der Waals surface area contributed by atoms with Crippen molar-refractivity contribution in [1.29, 1.82) is 0 Å². The highest BCUT2D eigenvalue weighted by Crippen LogP contribution is 2.33. The smallest absolute Gasteiger partial charge is 0.148 e. The number of rotatable bonds is 0. The molecule has 0 radical (unpaired) electrons. The summed E-state index contributed by atoms with van der Waals surface area (Å²) in [5.74, 6) is 1.19. The minimum absolute atomic E-state index is 0.512. The fraction of sp³-hybridized carbons (Fsp3) is 0.400. The van der Waals surface area contributed by atoms with Gasteiger partial charge in [-0.05, 0) is 25.0 Å². The lowest BCUT2D eigenvalue weighted by Crippen LogP contribution is -2.45. The molecule has 1 aromatic carbocycles. The van der Waals surface area contributed by atoms with E-state index in [4.69, 9.17) is 4.99 Å². The molecule has 3 heteroatoms. The van der Waals surface area contributed by atoms with Crippen LogP contribution in [0.4, 0.5) is 0 Å². The molecule has 2 aliphatic heterocycles. The molecule has 0 aliphatic carbocycles. The molecule has 0 spiro atoms. The minimum atomic E-state index is 0.512. The van der Waals surface area contributed by atoms with E-state index < -0.39 is 0 Å². The van der Waals surface area contributed by atoms with Crippen molar-refractivity contribution in [3.8, 4) is 0 Å². The largest absolute Gasteiger partial charge is 0.354 e. The number of hydrogen-bond acceptors (Lipinski definition) is 2. The van der Waals surface area contributed by atoms with Crippen LogP contribution in [-0.4, -0.2) is 34.9 Å². The highest BCUT2D eigenvalue weighted by molar-refractivity contribution is 6.06. The van der Waals surface area contributed by atoms with Gasteiger partial charge in [0.05, 0.1) is 5.69 Å². The van der Waals surface area contributed by atoms with Gasteiger partial charge in [-0.15, -0.1) is 0 Å². The number of aliphatic imine (C=N–C) groups is 1. The third-order valence-electron chi connectivity index (χ3n) is 4.35. The molecule has 0 fully saturated rings. The predicted octanol–water partition coefficient (Wildman–Crippen LogP) is 2.28. The van der Waals surface area contributed by atoms with Crippen molar-refractivity contribution in [2.45, 2.75) is 25.9 Å². The van der Waals surface area contributed by atoms with Crippen LogP contribution in [0.2, 0.25) is 0 Å². The Kier molecular flexibility index (Phi) is 1.91. The minimum Gasteiger partial charge on any atom is -0.354 e. The topological polar surface area (TPSA) is 20.5 Å². The van der Waals surface area contributed by atoms with E-state index in [0.717, 1.165) is 19.5 Å². The lowest BCUT2D eigenvalue weighted by atomic mass is 10.0. The van der Waals surface area contributed by atoms with Crippen LogP contribution in [0, 0.1) is 0 Å². The van der Waals surface area contributed by atoms with Crippen molar-refractivity contribution in [2.24, 2.45) is 4.99 Å². The number of amidine groups is 1. The zero-order valence-corrected chi connectivity index (χ0v) is 10.8. The summed E-state index contributed by atoms with van der Waals surface area (Å²) in [4.78, 5) is 7.08. The number of para-hydroxylation sites is 1. The normalized spacial score (nSPS) is 22.0. The first-order valence-corrected chi connectivity index (χ1v) is 6.65. The van der Waals surface area contributed by atoms with Crippen LogP contribution >= 0.6 is 0 Å². The Morgan fingerprint density at radius 2 is 2.11 bits per heavy atom. The van der Waals surface area contributed by atoms with Gasteiger partial charge in [0.25, 0.3) is 0 Å². The third-order valence-corrected chi connectivity index (χ3v) is 4.35. The van der Waals surface area contributed by atoms with Crippen LogP contribution in [0.15, 0.2) is 29.3 Å². The zero-order valence-electron chi connectivity index (χ0n) is 10.8. The molecule has 2 aromatic rings. The first-order chi connectivity index (χ1) is 8.77. The van der Waals surface area contributed by atoms with Crippen LogP contribution < -0.4 is 0 Å². The van der Waals surface area contributed by atoms with E-state index in [1.165, 1.54) is 28.0 Å². The maximum Gasteiger partial charge on any atom is 0.148 e. The van der Waals surface area contributed by atoms with Gasteiger partial charge in [0.1, 0.15) is 5.84 Å². The lowest BCUT2D eigenvalue weighted by molar-refractivity contribution is 0.328. The van der Waals surface area contributed by atoms with Crippen molar-refractivity contribution in [3.63, 3.8) is 0 Å². The molecule has 0 saturated carbocycles. The standard InChI is InChI=1S/C15H17N3/c1-10-9-18-13-6-4-3-5-11(13)12-7-8-16-15(14(12)18)17(10)2/h3-6,10H,7-9H2,1-2H3. The van der Waals surface area contributed by atoms with E-state index in [9.17, 15) is 0 Å². The molecule has 92 valence electrons. The molecule has 3 heterocycles. The van der Waals surface area contributed by atoms with Gasteiger partial charge in [0.15, 0.2) is 0 Å². The summed E-state index contributed by atoms with van der Waals surface area (Å²) in [5, 5.41) is 1.42. The van der Waals surface area contributed by atoms with E-state index in [-0.39, 0.29) is 0 Å². The highest BCUT2D eigenvalue weighted by Gasteiger charge is 2.32. The molecule has 1 aromatic heterocycles. The molecule has 0 N–H and O–H groups in total.